The predicted molar refractivity (Wildman–Crippen MR) is 40.4 cm³/mol. The number of carbonyl (C=O) groups excluding carboxylic acids is 1. The molecule has 2 bridgehead atoms. The zero-order chi connectivity index (χ0) is 8.13. The lowest BCUT2D eigenvalue weighted by molar-refractivity contribution is -0.180. The average Bonchev–Trinajstić information content (AvgIpc) is 2.53. The summed E-state index contributed by atoms with van der Waals surface area (Å²) in [5.74, 6) is 1.17. The summed E-state index contributed by atoms with van der Waals surface area (Å²) >= 11 is 0. The maximum Gasteiger partial charge on any atom is 0.309 e. The fraction of sp³-hybridized carbons (Fsp3) is 0.889. The Labute approximate surface area is 71.0 Å². The van der Waals surface area contributed by atoms with E-state index in [1.165, 1.54) is 0 Å². The minimum atomic E-state index is 0.0259. The quantitative estimate of drug-likeness (QED) is 0.496. The van der Waals surface area contributed by atoms with Crippen LogP contribution in [0.5, 0.6) is 0 Å². The Hall–Kier alpha value is -0.570. The second-order valence-corrected chi connectivity index (χ2v) is 4.02. The van der Waals surface area contributed by atoms with Gasteiger partial charge in [0.15, 0.2) is 0 Å². The fourth-order valence-electron chi connectivity index (χ4n) is 2.83. The number of ether oxygens (including phenoxy) is 2. The molecule has 3 heterocycles. The topological polar surface area (TPSA) is 35.5 Å². The molecule has 0 unspecified atom stereocenters. The summed E-state index contributed by atoms with van der Waals surface area (Å²) in [6.45, 7) is 1.58. The van der Waals surface area contributed by atoms with E-state index < -0.39 is 0 Å². The van der Waals surface area contributed by atoms with E-state index >= 15 is 0 Å². The molecule has 0 aromatic heterocycles. The molecule has 3 heteroatoms. The van der Waals surface area contributed by atoms with Gasteiger partial charge in [-0.2, -0.15) is 0 Å². The van der Waals surface area contributed by atoms with Crippen LogP contribution in [-0.4, -0.2) is 25.3 Å². The van der Waals surface area contributed by atoms with Crippen LogP contribution >= 0.6 is 0 Å². The summed E-state index contributed by atoms with van der Waals surface area (Å²) in [6.07, 6.45) is 2.25. The van der Waals surface area contributed by atoms with Crippen LogP contribution in [0.4, 0.5) is 0 Å². The standard InChI is InChI=1S/C9H12O3/c10-9-5-1-2-8(12-9)7-4-11-3-6(5)7/h5-8H,1-4H2/t5-,6+,7+,8+/m1/s1. The summed E-state index contributed by atoms with van der Waals surface area (Å²) in [5.41, 5.74) is 0. The maximum absolute atomic E-state index is 11.3. The van der Waals surface area contributed by atoms with Crippen LogP contribution < -0.4 is 0 Å². The Morgan fingerprint density at radius 2 is 2.00 bits per heavy atom. The molecular weight excluding hydrogens is 156 g/mol. The Morgan fingerprint density at radius 3 is 2.83 bits per heavy atom. The molecule has 0 radical (unpaired) electrons. The monoisotopic (exact) mass is 168 g/mol. The summed E-state index contributed by atoms with van der Waals surface area (Å²) in [6, 6.07) is 0. The summed E-state index contributed by atoms with van der Waals surface area (Å²) in [7, 11) is 0. The molecule has 12 heavy (non-hydrogen) atoms. The Balaban J connectivity index is 1.94. The van der Waals surface area contributed by atoms with E-state index in [0.717, 1.165) is 26.1 Å². The van der Waals surface area contributed by atoms with Crippen LogP contribution in [0, 0.1) is 17.8 Å². The molecule has 4 rings (SSSR count). The zero-order valence-electron chi connectivity index (χ0n) is 6.86. The van der Waals surface area contributed by atoms with Gasteiger partial charge in [0.2, 0.25) is 0 Å². The first-order valence-corrected chi connectivity index (χ1v) is 4.64. The van der Waals surface area contributed by atoms with Gasteiger partial charge in [-0.3, -0.25) is 4.79 Å². The van der Waals surface area contributed by atoms with E-state index in [0.29, 0.717) is 11.8 Å². The highest BCUT2D eigenvalue weighted by Gasteiger charge is 2.52. The molecule has 1 aliphatic carbocycles. The van der Waals surface area contributed by atoms with Crippen LogP contribution in [0.1, 0.15) is 12.8 Å². The number of carbonyl (C=O) groups is 1. The molecule has 0 aromatic rings. The molecule has 4 aliphatic rings. The van der Waals surface area contributed by atoms with Gasteiger partial charge in [-0.05, 0) is 12.8 Å². The summed E-state index contributed by atoms with van der Waals surface area (Å²) < 4.78 is 10.7. The first-order valence-electron chi connectivity index (χ1n) is 4.64. The first-order chi connectivity index (χ1) is 5.86. The molecule has 0 spiro atoms. The van der Waals surface area contributed by atoms with Gasteiger partial charge in [-0.1, -0.05) is 0 Å². The molecule has 3 nitrogen and oxygen atoms in total. The van der Waals surface area contributed by atoms with Gasteiger partial charge in [0.25, 0.3) is 0 Å². The molecule has 0 N–H and O–H groups in total. The maximum atomic E-state index is 11.3. The highest BCUT2D eigenvalue weighted by Crippen LogP contribution is 2.45. The summed E-state index contributed by atoms with van der Waals surface area (Å²) in [5, 5.41) is 0. The molecule has 3 saturated heterocycles. The minimum absolute atomic E-state index is 0.0259. The van der Waals surface area contributed by atoms with Gasteiger partial charge < -0.3 is 9.47 Å². The second kappa shape index (κ2) is 2.22. The molecule has 4 atom stereocenters. The first kappa shape index (κ1) is 6.89. The molecular formula is C9H12O3. The molecule has 66 valence electrons. The number of fused-ring (bicyclic) bond motifs is 2. The van der Waals surface area contributed by atoms with Gasteiger partial charge in [0.05, 0.1) is 19.1 Å². The minimum Gasteiger partial charge on any atom is -0.462 e. The van der Waals surface area contributed by atoms with Crippen molar-refractivity contribution in [2.45, 2.75) is 18.9 Å². The number of hydrogen-bond donors (Lipinski definition) is 0. The van der Waals surface area contributed by atoms with Crippen molar-refractivity contribution in [1.29, 1.82) is 0 Å². The fourth-order valence-corrected chi connectivity index (χ4v) is 2.83. The highest BCUT2D eigenvalue weighted by atomic mass is 16.6. The van der Waals surface area contributed by atoms with Gasteiger partial charge in [0.1, 0.15) is 6.10 Å². The Bertz CT molecular complexity index is 226. The van der Waals surface area contributed by atoms with Crippen molar-refractivity contribution in [3.05, 3.63) is 0 Å². The number of hydrogen-bond acceptors (Lipinski definition) is 3. The van der Waals surface area contributed by atoms with Gasteiger partial charge in [0, 0.05) is 11.8 Å². The third kappa shape index (κ3) is 0.724. The SMILES string of the molecule is O=C1O[C@H]2CC[C@@H]1[C@@H]1COC[C@@H]12. The van der Waals surface area contributed by atoms with E-state index in [9.17, 15) is 4.79 Å². The van der Waals surface area contributed by atoms with Crippen LogP contribution in [0.15, 0.2) is 0 Å². The smallest absolute Gasteiger partial charge is 0.309 e. The molecule has 0 aromatic carbocycles. The Kier molecular flexibility index (Phi) is 1.28. The third-order valence-corrected chi connectivity index (χ3v) is 3.50. The number of esters is 1. The zero-order valence-corrected chi connectivity index (χ0v) is 6.86. The van der Waals surface area contributed by atoms with E-state index in [4.69, 9.17) is 9.47 Å². The van der Waals surface area contributed by atoms with Crippen molar-refractivity contribution in [3.8, 4) is 0 Å². The van der Waals surface area contributed by atoms with Gasteiger partial charge in [-0.25, -0.2) is 0 Å². The van der Waals surface area contributed by atoms with E-state index in [1.807, 2.05) is 0 Å². The molecule has 1 saturated carbocycles. The van der Waals surface area contributed by atoms with Crippen molar-refractivity contribution in [3.63, 3.8) is 0 Å². The average molecular weight is 168 g/mol. The van der Waals surface area contributed by atoms with Crippen molar-refractivity contribution >= 4 is 5.97 Å². The van der Waals surface area contributed by atoms with Crippen LogP contribution in [0.25, 0.3) is 0 Å². The van der Waals surface area contributed by atoms with E-state index in [2.05, 4.69) is 0 Å². The van der Waals surface area contributed by atoms with E-state index in [-0.39, 0.29) is 18.0 Å². The van der Waals surface area contributed by atoms with E-state index in [1.54, 1.807) is 0 Å². The van der Waals surface area contributed by atoms with Crippen molar-refractivity contribution in [2.75, 3.05) is 13.2 Å². The van der Waals surface area contributed by atoms with Crippen LogP contribution in [0.3, 0.4) is 0 Å². The Morgan fingerprint density at radius 1 is 1.17 bits per heavy atom. The van der Waals surface area contributed by atoms with Crippen LogP contribution in [-0.2, 0) is 14.3 Å². The number of rotatable bonds is 0. The predicted octanol–water partition coefficient (Wildman–Crippen LogP) is 0.584. The van der Waals surface area contributed by atoms with Crippen molar-refractivity contribution < 1.29 is 14.3 Å². The molecule has 0 amide bonds. The molecule has 4 fully saturated rings. The normalized spacial score (nSPS) is 50.5. The lowest BCUT2D eigenvalue weighted by atomic mass is 9.70. The largest absolute Gasteiger partial charge is 0.462 e. The third-order valence-electron chi connectivity index (χ3n) is 3.50. The molecule has 3 aliphatic heterocycles. The summed E-state index contributed by atoms with van der Waals surface area (Å²) in [4.78, 5) is 11.3. The van der Waals surface area contributed by atoms with Crippen molar-refractivity contribution in [2.24, 2.45) is 17.8 Å². The second-order valence-electron chi connectivity index (χ2n) is 4.02. The van der Waals surface area contributed by atoms with Gasteiger partial charge in [-0.15, -0.1) is 0 Å². The highest BCUT2D eigenvalue weighted by molar-refractivity contribution is 5.74. The van der Waals surface area contributed by atoms with Crippen molar-refractivity contribution in [1.82, 2.24) is 0 Å². The van der Waals surface area contributed by atoms with Crippen LogP contribution in [0.2, 0.25) is 0 Å². The van der Waals surface area contributed by atoms with Gasteiger partial charge >= 0.3 is 5.97 Å². The lowest BCUT2D eigenvalue weighted by Crippen LogP contribution is -2.49. The lowest BCUT2D eigenvalue weighted by Gasteiger charge is -2.42.